The van der Waals surface area contributed by atoms with Gasteiger partial charge in [0.05, 0.1) is 7.11 Å². The van der Waals surface area contributed by atoms with Crippen LogP contribution in [0, 0.1) is 5.82 Å². The second-order valence-corrected chi connectivity index (χ2v) is 5.07. The number of amides is 1. The van der Waals surface area contributed by atoms with Crippen LogP contribution in [0.4, 0.5) is 10.1 Å². The fourth-order valence-corrected chi connectivity index (χ4v) is 2.02. The summed E-state index contributed by atoms with van der Waals surface area (Å²) in [6.45, 7) is -0.405. The van der Waals surface area contributed by atoms with Gasteiger partial charge < -0.3 is 14.8 Å². The van der Waals surface area contributed by atoms with Crippen molar-refractivity contribution in [3.63, 3.8) is 0 Å². The van der Waals surface area contributed by atoms with E-state index in [2.05, 4.69) is 5.32 Å². The Morgan fingerprint density at radius 3 is 2.54 bits per heavy atom. The highest BCUT2D eigenvalue weighted by Crippen LogP contribution is 2.13. The van der Waals surface area contributed by atoms with Crippen LogP contribution in [0.2, 0.25) is 0 Å². The Balaban J connectivity index is 1.71. The first-order valence-electron chi connectivity index (χ1n) is 7.41. The Labute approximate surface area is 139 Å². The van der Waals surface area contributed by atoms with Gasteiger partial charge in [0.25, 0.3) is 5.91 Å². The lowest BCUT2D eigenvalue weighted by Crippen LogP contribution is -2.21. The van der Waals surface area contributed by atoms with Gasteiger partial charge in [0.15, 0.2) is 6.61 Å². The smallest absolute Gasteiger partial charge is 0.306 e. The van der Waals surface area contributed by atoms with Gasteiger partial charge in [0, 0.05) is 12.1 Å². The van der Waals surface area contributed by atoms with Crippen molar-refractivity contribution in [2.24, 2.45) is 0 Å². The molecule has 5 nitrogen and oxygen atoms in total. The molecule has 0 aromatic heterocycles. The van der Waals surface area contributed by atoms with Crippen molar-refractivity contribution < 1.29 is 23.5 Å². The number of hydrogen-bond donors (Lipinski definition) is 1. The zero-order chi connectivity index (χ0) is 17.4. The predicted octanol–water partition coefficient (Wildman–Crippen LogP) is 2.95. The Morgan fingerprint density at radius 2 is 1.88 bits per heavy atom. The number of methoxy groups -OCH3 is 1. The van der Waals surface area contributed by atoms with Crippen LogP contribution >= 0.6 is 0 Å². The van der Waals surface area contributed by atoms with E-state index in [9.17, 15) is 14.0 Å². The molecule has 24 heavy (non-hydrogen) atoms. The number of carbonyl (C=O) groups excluding carboxylic acids is 2. The van der Waals surface area contributed by atoms with Crippen molar-refractivity contribution in [2.45, 2.75) is 12.8 Å². The number of esters is 1. The first-order valence-corrected chi connectivity index (χ1v) is 7.41. The van der Waals surface area contributed by atoms with Crippen molar-refractivity contribution in [1.82, 2.24) is 0 Å². The number of carbonyl (C=O) groups is 2. The number of anilines is 1. The molecule has 0 fully saturated rings. The molecule has 2 aromatic carbocycles. The lowest BCUT2D eigenvalue weighted by atomic mass is 10.1. The third kappa shape index (κ3) is 5.72. The third-order valence-corrected chi connectivity index (χ3v) is 3.25. The van der Waals surface area contributed by atoms with Crippen LogP contribution in [-0.4, -0.2) is 25.6 Å². The Bertz CT molecular complexity index is 700. The molecule has 0 bridgehead atoms. The Morgan fingerprint density at radius 1 is 1.12 bits per heavy atom. The SMILES string of the molecule is COc1ccc(CCC(=O)OCC(=O)Nc2cccc(F)c2)cc1. The van der Waals surface area contributed by atoms with Crippen molar-refractivity contribution in [1.29, 1.82) is 0 Å². The molecule has 126 valence electrons. The number of hydrogen-bond acceptors (Lipinski definition) is 4. The van der Waals surface area contributed by atoms with Gasteiger partial charge in [-0.15, -0.1) is 0 Å². The fraction of sp³-hybridized carbons (Fsp3) is 0.222. The van der Waals surface area contributed by atoms with Gasteiger partial charge in [-0.2, -0.15) is 0 Å². The van der Waals surface area contributed by atoms with E-state index in [-0.39, 0.29) is 6.42 Å². The minimum absolute atomic E-state index is 0.166. The van der Waals surface area contributed by atoms with Crippen LogP contribution < -0.4 is 10.1 Å². The van der Waals surface area contributed by atoms with Gasteiger partial charge in [-0.05, 0) is 42.3 Å². The van der Waals surface area contributed by atoms with Crippen molar-refractivity contribution in [3.05, 3.63) is 59.9 Å². The maximum Gasteiger partial charge on any atom is 0.306 e. The first kappa shape index (κ1) is 17.5. The summed E-state index contributed by atoms with van der Waals surface area (Å²) in [4.78, 5) is 23.3. The minimum atomic E-state index is -0.515. The maximum absolute atomic E-state index is 13.0. The molecule has 0 aliphatic heterocycles. The lowest BCUT2D eigenvalue weighted by molar-refractivity contribution is -0.147. The summed E-state index contributed by atoms with van der Waals surface area (Å²) in [5, 5.41) is 2.45. The summed E-state index contributed by atoms with van der Waals surface area (Å²) < 4.78 is 23.0. The van der Waals surface area contributed by atoms with E-state index in [1.54, 1.807) is 13.2 Å². The molecule has 0 aliphatic rings. The van der Waals surface area contributed by atoms with Gasteiger partial charge in [-0.3, -0.25) is 9.59 Å². The lowest BCUT2D eigenvalue weighted by Gasteiger charge is -2.07. The molecular weight excluding hydrogens is 313 g/mol. The van der Waals surface area contributed by atoms with Gasteiger partial charge in [0.2, 0.25) is 0 Å². The average molecular weight is 331 g/mol. The van der Waals surface area contributed by atoms with Crippen LogP contribution in [-0.2, 0) is 20.7 Å². The highest BCUT2D eigenvalue weighted by molar-refractivity contribution is 5.92. The van der Waals surface area contributed by atoms with Gasteiger partial charge in [0.1, 0.15) is 11.6 Å². The molecule has 0 spiro atoms. The van der Waals surface area contributed by atoms with E-state index in [1.807, 2.05) is 24.3 Å². The topological polar surface area (TPSA) is 64.6 Å². The van der Waals surface area contributed by atoms with Crippen LogP contribution in [0.1, 0.15) is 12.0 Å². The second-order valence-electron chi connectivity index (χ2n) is 5.07. The molecule has 1 N–H and O–H groups in total. The molecule has 0 radical (unpaired) electrons. The summed E-state index contributed by atoms with van der Waals surface area (Å²) in [6, 6.07) is 12.8. The number of ether oxygens (including phenoxy) is 2. The normalized spacial score (nSPS) is 10.1. The largest absolute Gasteiger partial charge is 0.497 e. The molecule has 0 saturated heterocycles. The number of nitrogens with one attached hydrogen (secondary N) is 1. The highest BCUT2D eigenvalue weighted by Gasteiger charge is 2.09. The molecule has 2 aromatic rings. The zero-order valence-electron chi connectivity index (χ0n) is 13.3. The predicted molar refractivity (Wildman–Crippen MR) is 87.3 cm³/mol. The summed E-state index contributed by atoms with van der Waals surface area (Å²) in [7, 11) is 1.58. The minimum Gasteiger partial charge on any atom is -0.497 e. The van der Waals surface area contributed by atoms with Crippen LogP contribution in [0.25, 0.3) is 0 Å². The Hall–Kier alpha value is -2.89. The molecule has 0 atom stereocenters. The number of aryl methyl sites for hydroxylation is 1. The van der Waals surface area contributed by atoms with Crippen LogP contribution in [0.15, 0.2) is 48.5 Å². The highest BCUT2D eigenvalue weighted by atomic mass is 19.1. The molecule has 1 amide bonds. The molecule has 0 aliphatic carbocycles. The quantitative estimate of drug-likeness (QED) is 0.792. The van der Waals surface area contributed by atoms with Gasteiger partial charge >= 0.3 is 5.97 Å². The van der Waals surface area contributed by atoms with E-state index in [4.69, 9.17) is 9.47 Å². The van der Waals surface area contributed by atoms with Crippen molar-refractivity contribution >= 4 is 17.6 Å². The summed E-state index contributed by atoms with van der Waals surface area (Å²) in [5.74, 6) is -0.696. The molecule has 0 heterocycles. The molecule has 0 unspecified atom stereocenters. The van der Waals surface area contributed by atoms with E-state index >= 15 is 0 Å². The van der Waals surface area contributed by atoms with Gasteiger partial charge in [-0.1, -0.05) is 18.2 Å². The van der Waals surface area contributed by atoms with Crippen LogP contribution in [0.5, 0.6) is 5.75 Å². The van der Waals surface area contributed by atoms with Crippen LogP contribution in [0.3, 0.4) is 0 Å². The fourth-order valence-electron chi connectivity index (χ4n) is 2.02. The molecular formula is C18H18FNO4. The zero-order valence-corrected chi connectivity index (χ0v) is 13.3. The van der Waals surface area contributed by atoms with E-state index in [1.165, 1.54) is 18.2 Å². The molecule has 6 heteroatoms. The van der Waals surface area contributed by atoms with Gasteiger partial charge in [-0.25, -0.2) is 4.39 Å². The van der Waals surface area contributed by atoms with E-state index in [0.29, 0.717) is 12.1 Å². The maximum atomic E-state index is 13.0. The summed E-state index contributed by atoms with van der Waals surface area (Å²) in [5.41, 5.74) is 1.28. The average Bonchev–Trinajstić information content (AvgIpc) is 2.58. The standard InChI is InChI=1S/C18H18FNO4/c1-23-16-8-5-13(6-9-16)7-10-18(22)24-12-17(21)20-15-4-2-3-14(19)11-15/h2-6,8-9,11H,7,10,12H2,1H3,(H,20,21). The third-order valence-electron chi connectivity index (χ3n) is 3.25. The number of rotatable bonds is 7. The van der Waals surface area contributed by atoms with Crippen molar-refractivity contribution in [3.8, 4) is 5.75 Å². The number of benzene rings is 2. The molecule has 2 rings (SSSR count). The van der Waals surface area contributed by atoms with E-state index < -0.39 is 24.3 Å². The number of halogens is 1. The second kappa shape index (κ2) is 8.67. The van der Waals surface area contributed by atoms with E-state index in [0.717, 1.165) is 11.3 Å². The molecule has 0 saturated carbocycles. The first-order chi connectivity index (χ1) is 11.6. The Kier molecular flexibility index (Phi) is 6.31. The summed E-state index contributed by atoms with van der Waals surface area (Å²) in [6.07, 6.45) is 0.675. The summed E-state index contributed by atoms with van der Waals surface area (Å²) >= 11 is 0. The van der Waals surface area contributed by atoms with Crippen molar-refractivity contribution in [2.75, 3.05) is 19.0 Å². The monoisotopic (exact) mass is 331 g/mol.